The summed E-state index contributed by atoms with van der Waals surface area (Å²) in [5, 5.41) is 46.3. The van der Waals surface area contributed by atoms with Crippen LogP contribution in [-0.4, -0.2) is 68.5 Å². The van der Waals surface area contributed by atoms with Crippen LogP contribution in [0.5, 0.6) is 5.75 Å². The summed E-state index contributed by atoms with van der Waals surface area (Å²) < 4.78 is 0. The van der Waals surface area contributed by atoms with E-state index in [0.717, 1.165) is 11.1 Å². The first-order valence-electron chi connectivity index (χ1n) is 13.6. The SMILES string of the molecule is CN(C)[C@@H]1C(=O)C(C(N)=O)=C(O)[C@@]2(O)C(=O)C3=C(O)c4c(O)c(-c5ccccc5)cc(-c5ccccc5)c4C[C@H]3C[C@H]12. The molecule has 9 nitrogen and oxygen atoms in total. The van der Waals surface area contributed by atoms with Gasteiger partial charge in [-0.3, -0.25) is 19.3 Å². The number of aromatic hydroxyl groups is 1. The number of amides is 1. The van der Waals surface area contributed by atoms with Crippen molar-refractivity contribution in [2.75, 3.05) is 14.1 Å². The Bertz CT molecular complexity index is 1730. The highest BCUT2D eigenvalue weighted by molar-refractivity contribution is 6.24. The van der Waals surface area contributed by atoms with Crippen molar-refractivity contribution < 1.29 is 34.8 Å². The van der Waals surface area contributed by atoms with Crippen LogP contribution in [0.15, 0.2) is 83.6 Å². The molecule has 1 amide bonds. The molecule has 9 heteroatoms. The van der Waals surface area contributed by atoms with E-state index in [9.17, 15) is 34.8 Å². The molecular weight excluding hydrogens is 536 g/mol. The second-order valence-electron chi connectivity index (χ2n) is 11.4. The summed E-state index contributed by atoms with van der Waals surface area (Å²) in [4.78, 5) is 41.2. The predicted octanol–water partition coefficient (Wildman–Crippen LogP) is 3.30. The lowest BCUT2D eigenvalue weighted by molar-refractivity contribution is -0.153. The third-order valence-electron chi connectivity index (χ3n) is 8.89. The van der Waals surface area contributed by atoms with Gasteiger partial charge in [-0.15, -0.1) is 0 Å². The highest BCUT2D eigenvalue weighted by Gasteiger charge is 2.64. The number of aliphatic hydroxyl groups is 3. The molecule has 3 aromatic carbocycles. The van der Waals surface area contributed by atoms with Crippen LogP contribution in [0.1, 0.15) is 17.5 Å². The van der Waals surface area contributed by atoms with Gasteiger partial charge in [0.25, 0.3) is 5.91 Å². The summed E-state index contributed by atoms with van der Waals surface area (Å²) in [7, 11) is 3.15. The molecule has 0 saturated heterocycles. The lowest BCUT2D eigenvalue weighted by atomic mass is 9.57. The number of hydrogen-bond donors (Lipinski definition) is 5. The number of likely N-dealkylation sites (N-methyl/N-ethyl adjacent to an activating group) is 1. The fourth-order valence-electron chi connectivity index (χ4n) is 7.02. The van der Waals surface area contributed by atoms with Crippen molar-refractivity contribution in [2.24, 2.45) is 17.6 Å². The van der Waals surface area contributed by atoms with E-state index in [2.05, 4.69) is 0 Å². The number of nitrogens with two attached hydrogens (primary N) is 1. The molecule has 0 radical (unpaired) electrons. The third kappa shape index (κ3) is 3.74. The minimum absolute atomic E-state index is 0.0290. The number of carbonyl (C=O) groups excluding carboxylic acids is 3. The largest absolute Gasteiger partial charge is 0.508 e. The van der Waals surface area contributed by atoms with Gasteiger partial charge in [-0.25, -0.2) is 0 Å². The maximum Gasteiger partial charge on any atom is 0.255 e. The zero-order chi connectivity index (χ0) is 30.1. The Labute approximate surface area is 241 Å². The molecule has 0 heterocycles. The molecule has 3 aromatic rings. The fourth-order valence-corrected chi connectivity index (χ4v) is 7.02. The lowest BCUT2D eigenvalue weighted by Crippen LogP contribution is -2.65. The lowest BCUT2D eigenvalue weighted by Gasteiger charge is -2.50. The molecule has 6 N–H and O–H groups in total. The van der Waals surface area contributed by atoms with Crippen molar-refractivity contribution >= 4 is 23.2 Å². The molecule has 4 atom stereocenters. The third-order valence-corrected chi connectivity index (χ3v) is 8.89. The van der Waals surface area contributed by atoms with Gasteiger partial charge < -0.3 is 26.2 Å². The second kappa shape index (κ2) is 9.68. The smallest absolute Gasteiger partial charge is 0.255 e. The number of primary amides is 1. The van der Waals surface area contributed by atoms with Crippen LogP contribution in [0.3, 0.4) is 0 Å². The molecule has 6 rings (SSSR count). The molecule has 3 aliphatic rings. The summed E-state index contributed by atoms with van der Waals surface area (Å²) in [5.74, 6) is -6.72. The normalized spacial score (nSPS) is 25.3. The Morgan fingerprint density at radius 2 is 1.50 bits per heavy atom. The molecule has 0 bridgehead atoms. The number of benzene rings is 3. The Kier molecular flexibility index (Phi) is 6.32. The molecular formula is C33H30N2O7. The van der Waals surface area contributed by atoms with Gasteiger partial charge in [0, 0.05) is 17.1 Å². The number of aliphatic hydroxyl groups excluding tert-OH is 2. The van der Waals surface area contributed by atoms with Crippen LogP contribution in [0, 0.1) is 11.8 Å². The topological polar surface area (TPSA) is 161 Å². The summed E-state index contributed by atoms with van der Waals surface area (Å²) in [5.41, 5.74) is 5.11. The number of phenols is 1. The molecule has 1 saturated carbocycles. The molecule has 0 spiro atoms. The van der Waals surface area contributed by atoms with E-state index in [1.807, 2.05) is 66.7 Å². The highest BCUT2D eigenvalue weighted by atomic mass is 16.3. The van der Waals surface area contributed by atoms with E-state index in [4.69, 9.17) is 5.73 Å². The van der Waals surface area contributed by atoms with Gasteiger partial charge in [0.05, 0.1) is 11.6 Å². The van der Waals surface area contributed by atoms with Gasteiger partial charge in [-0.1, -0.05) is 60.7 Å². The molecule has 0 aromatic heterocycles. The van der Waals surface area contributed by atoms with Crippen molar-refractivity contribution in [2.45, 2.75) is 24.5 Å². The first-order valence-corrected chi connectivity index (χ1v) is 13.6. The molecule has 1 fully saturated rings. The Morgan fingerprint density at radius 3 is 2.05 bits per heavy atom. The summed E-state index contributed by atoms with van der Waals surface area (Å²) in [6, 6.07) is 19.3. The van der Waals surface area contributed by atoms with Crippen LogP contribution in [0.4, 0.5) is 0 Å². The summed E-state index contributed by atoms with van der Waals surface area (Å²) in [6.45, 7) is 0. The van der Waals surface area contributed by atoms with Crippen LogP contribution in [-0.2, 0) is 20.8 Å². The number of fused-ring (bicyclic) bond motifs is 3. The minimum atomic E-state index is -2.68. The monoisotopic (exact) mass is 566 g/mol. The van der Waals surface area contributed by atoms with E-state index in [-0.39, 0.29) is 29.7 Å². The van der Waals surface area contributed by atoms with E-state index in [1.165, 1.54) is 4.90 Å². The minimum Gasteiger partial charge on any atom is -0.508 e. The number of phenolic OH excluding ortho intramolecular Hbond substituents is 1. The summed E-state index contributed by atoms with van der Waals surface area (Å²) >= 11 is 0. The van der Waals surface area contributed by atoms with E-state index in [1.54, 1.807) is 14.1 Å². The number of carbonyl (C=O) groups is 3. The molecule has 0 aliphatic heterocycles. The van der Waals surface area contributed by atoms with Crippen LogP contribution in [0.2, 0.25) is 0 Å². The van der Waals surface area contributed by atoms with E-state index < -0.39 is 58.0 Å². The number of ketones is 2. The maximum atomic E-state index is 14.2. The van der Waals surface area contributed by atoms with Crippen molar-refractivity contribution in [1.82, 2.24) is 4.90 Å². The van der Waals surface area contributed by atoms with Gasteiger partial charge >= 0.3 is 0 Å². The summed E-state index contributed by atoms with van der Waals surface area (Å²) in [6.07, 6.45) is 0.239. The number of Topliss-reactive ketones (excluding diaryl/α,β-unsaturated/α-hetero) is 2. The van der Waals surface area contributed by atoms with Crippen molar-refractivity contribution in [3.63, 3.8) is 0 Å². The number of hydrogen-bond acceptors (Lipinski definition) is 8. The van der Waals surface area contributed by atoms with Crippen molar-refractivity contribution in [1.29, 1.82) is 0 Å². The van der Waals surface area contributed by atoms with E-state index in [0.29, 0.717) is 16.7 Å². The Balaban J connectivity index is 1.63. The molecule has 0 unspecified atom stereocenters. The van der Waals surface area contributed by atoms with Gasteiger partial charge in [-0.05, 0) is 61.2 Å². The zero-order valence-electron chi connectivity index (χ0n) is 23.0. The fraction of sp³-hybridized carbons (Fsp3) is 0.242. The van der Waals surface area contributed by atoms with Gasteiger partial charge in [0.1, 0.15) is 22.8 Å². The van der Waals surface area contributed by atoms with Crippen LogP contribution in [0.25, 0.3) is 28.0 Å². The molecule has 214 valence electrons. The quantitative estimate of drug-likeness (QED) is 0.301. The van der Waals surface area contributed by atoms with Crippen LogP contribution >= 0.6 is 0 Å². The Hall–Kier alpha value is -4.73. The standard InChI is InChI=1S/C33H30N2O7/c1-35(2)26-22-14-18-13-21-19(16-9-5-3-6-10-16)15-20(17-11-7-4-8-12-17)27(36)24(21)28(37)23(18)30(39)33(22,42)31(40)25(29(26)38)32(34)41/h3-12,15,18,22,26,36-37,40,42H,13-14H2,1-2H3,(H2,34,41)/t18-,22+,26-,33-/m0/s1. The second-order valence-corrected chi connectivity index (χ2v) is 11.4. The average Bonchev–Trinajstić information content (AvgIpc) is 2.95. The first kappa shape index (κ1) is 27.4. The maximum absolute atomic E-state index is 14.2. The van der Waals surface area contributed by atoms with Gasteiger partial charge in [-0.2, -0.15) is 0 Å². The molecule has 3 aliphatic carbocycles. The van der Waals surface area contributed by atoms with Crippen LogP contribution < -0.4 is 5.73 Å². The van der Waals surface area contributed by atoms with Crippen molar-refractivity contribution in [3.05, 3.63) is 94.8 Å². The zero-order valence-corrected chi connectivity index (χ0v) is 23.0. The Morgan fingerprint density at radius 1 is 0.929 bits per heavy atom. The van der Waals surface area contributed by atoms with Gasteiger partial charge in [0.2, 0.25) is 5.78 Å². The number of nitrogens with zero attached hydrogens (tertiary/aromatic N) is 1. The van der Waals surface area contributed by atoms with Crippen molar-refractivity contribution in [3.8, 4) is 28.0 Å². The average molecular weight is 567 g/mol. The predicted molar refractivity (Wildman–Crippen MR) is 155 cm³/mol. The number of rotatable bonds is 4. The molecule has 42 heavy (non-hydrogen) atoms. The van der Waals surface area contributed by atoms with Gasteiger partial charge in [0.15, 0.2) is 11.4 Å². The van der Waals surface area contributed by atoms with E-state index >= 15 is 0 Å². The first-order chi connectivity index (χ1) is 20.0. The highest BCUT2D eigenvalue weighted by Crippen LogP contribution is 2.55.